The Balaban J connectivity index is 1.52. The lowest BCUT2D eigenvalue weighted by Gasteiger charge is -2.35. The summed E-state index contributed by atoms with van der Waals surface area (Å²) in [7, 11) is 0. The van der Waals surface area contributed by atoms with Crippen LogP contribution >= 0.6 is 11.6 Å². The number of nitrogens with zero attached hydrogens (tertiary/aromatic N) is 5. The van der Waals surface area contributed by atoms with Gasteiger partial charge < -0.3 is 15.0 Å². The maximum atomic E-state index is 12.9. The van der Waals surface area contributed by atoms with Crippen molar-refractivity contribution in [1.82, 2.24) is 24.8 Å². The van der Waals surface area contributed by atoms with E-state index in [-0.39, 0.29) is 5.91 Å². The summed E-state index contributed by atoms with van der Waals surface area (Å²) in [5.41, 5.74) is 1.79. The molecule has 8 nitrogen and oxygen atoms in total. The Hall–Kier alpha value is -2.97. The van der Waals surface area contributed by atoms with Gasteiger partial charge in [-0.25, -0.2) is 9.97 Å². The molecule has 150 valence electrons. The van der Waals surface area contributed by atoms with Crippen LogP contribution in [0.25, 0.3) is 5.95 Å². The fourth-order valence-corrected chi connectivity index (χ4v) is 3.31. The zero-order valence-corrected chi connectivity index (χ0v) is 16.7. The molecule has 0 spiro atoms. The minimum absolute atomic E-state index is 0.111. The smallest absolute Gasteiger partial charge is 0.245 e. The number of ether oxygens (including phenoxy) is 1. The number of amides is 1. The topological polar surface area (TPSA) is 85.2 Å². The van der Waals surface area contributed by atoms with Gasteiger partial charge in [-0.05, 0) is 24.6 Å². The maximum Gasteiger partial charge on any atom is 0.245 e. The minimum Gasteiger partial charge on any atom is -0.377 e. The molecule has 1 N–H and O–H groups in total. The third-order valence-corrected chi connectivity index (χ3v) is 4.92. The normalized spacial score (nSPS) is 16.6. The van der Waals surface area contributed by atoms with Crippen LogP contribution in [0.15, 0.2) is 49.1 Å². The van der Waals surface area contributed by atoms with Crippen LogP contribution in [0.5, 0.6) is 0 Å². The largest absolute Gasteiger partial charge is 0.377 e. The highest BCUT2D eigenvalue weighted by molar-refractivity contribution is 6.30. The second-order valence-electron chi connectivity index (χ2n) is 6.77. The third kappa shape index (κ3) is 4.55. The molecule has 29 heavy (non-hydrogen) atoms. The summed E-state index contributed by atoms with van der Waals surface area (Å²) in [4.78, 5) is 28.0. The lowest BCUT2D eigenvalue weighted by atomic mass is 10.2. The van der Waals surface area contributed by atoms with Crippen LogP contribution in [0.4, 0.5) is 5.82 Å². The lowest BCUT2D eigenvalue weighted by Crippen LogP contribution is -2.54. The highest BCUT2D eigenvalue weighted by Crippen LogP contribution is 2.20. The van der Waals surface area contributed by atoms with Gasteiger partial charge in [-0.3, -0.25) is 9.36 Å². The molecular weight excluding hydrogens is 392 g/mol. The molecule has 0 aliphatic carbocycles. The van der Waals surface area contributed by atoms with E-state index in [1.165, 1.54) is 0 Å². The number of carbonyl (C=O) groups is 1. The number of aromatic nitrogens is 4. The van der Waals surface area contributed by atoms with E-state index in [0.29, 0.717) is 43.1 Å². The SMILES string of the molecule is Cc1cc(N2CCOCC2C(=O)NCc2ccc(Cl)cc2)nc(-n2ccnc2)n1. The molecule has 1 aliphatic heterocycles. The zero-order chi connectivity index (χ0) is 20.2. The number of morpholine rings is 1. The van der Waals surface area contributed by atoms with Crippen LogP contribution in [0.1, 0.15) is 11.3 Å². The van der Waals surface area contributed by atoms with E-state index < -0.39 is 6.04 Å². The number of rotatable bonds is 5. The van der Waals surface area contributed by atoms with Gasteiger partial charge in [0.05, 0.1) is 13.2 Å². The molecule has 3 aromatic rings. The van der Waals surface area contributed by atoms with Gasteiger partial charge in [0.15, 0.2) is 0 Å². The number of anilines is 1. The van der Waals surface area contributed by atoms with Crippen molar-refractivity contribution >= 4 is 23.3 Å². The van der Waals surface area contributed by atoms with Crippen LogP contribution in [-0.2, 0) is 16.1 Å². The van der Waals surface area contributed by atoms with Crippen LogP contribution in [-0.4, -0.2) is 51.2 Å². The molecule has 2 aromatic heterocycles. The fourth-order valence-electron chi connectivity index (χ4n) is 3.18. The van der Waals surface area contributed by atoms with Gasteiger partial charge in [0.1, 0.15) is 18.2 Å². The molecule has 4 rings (SSSR count). The molecule has 1 atom stereocenters. The summed E-state index contributed by atoms with van der Waals surface area (Å²) in [6.07, 6.45) is 5.11. The second kappa shape index (κ2) is 8.59. The number of hydrogen-bond donors (Lipinski definition) is 1. The Bertz CT molecular complexity index is 977. The summed E-state index contributed by atoms with van der Waals surface area (Å²) in [6, 6.07) is 8.80. The summed E-state index contributed by atoms with van der Waals surface area (Å²) in [6.45, 7) is 3.73. The average Bonchev–Trinajstić information content (AvgIpc) is 3.28. The quantitative estimate of drug-likeness (QED) is 0.691. The first kappa shape index (κ1) is 19.4. The molecular formula is C20H21ClN6O2. The van der Waals surface area contributed by atoms with E-state index in [1.54, 1.807) is 35.4 Å². The minimum atomic E-state index is -0.471. The monoisotopic (exact) mass is 412 g/mol. The van der Waals surface area contributed by atoms with Crippen molar-refractivity contribution in [3.63, 3.8) is 0 Å². The maximum absolute atomic E-state index is 12.9. The molecule has 1 unspecified atom stereocenters. The molecule has 1 aliphatic rings. The standard InChI is InChI=1S/C20H21ClN6O2/c1-14-10-18(25-20(24-14)26-7-6-22-13-26)27-8-9-29-12-17(27)19(28)23-11-15-2-4-16(21)5-3-15/h2-7,10,13,17H,8-9,11-12H2,1H3,(H,23,28). The first-order chi connectivity index (χ1) is 14.1. The number of benzene rings is 1. The molecule has 1 fully saturated rings. The van der Waals surface area contributed by atoms with Crippen molar-refractivity contribution in [3.05, 3.63) is 65.3 Å². The average molecular weight is 413 g/mol. The molecule has 0 radical (unpaired) electrons. The van der Waals surface area contributed by atoms with Gasteiger partial charge in [-0.1, -0.05) is 23.7 Å². The first-order valence-corrected chi connectivity index (χ1v) is 9.68. The van der Waals surface area contributed by atoms with Crippen molar-refractivity contribution in [2.24, 2.45) is 0 Å². The Morgan fingerprint density at radius 2 is 2.14 bits per heavy atom. The number of aryl methyl sites for hydroxylation is 1. The van der Waals surface area contributed by atoms with Crippen molar-refractivity contribution < 1.29 is 9.53 Å². The van der Waals surface area contributed by atoms with Gasteiger partial charge in [0, 0.05) is 42.3 Å². The predicted molar refractivity (Wildman–Crippen MR) is 109 cm³/mol. The molecule has 3 heterocycles. The van der Waals surface area contributed by atoms with Crippen molar-refractivity contribution in [2.75, 3.05) is 24.7 Å². The number of imidazole rings is 1. The Morgan fingerprint density at radius 3 is 2.90 bits per heavy atom. The summed E-state index contributed by atoms with van der Waals surface area (Å²) < 4.78 is 7.32. The summed E-state index contributed by atoms with van der Waals surface area (Å²) in [5.74, 6) is 1.10. The molecule has 1 amide bonds. The van der Waals surface area contributed by atoms with Crippen LogP contribution < -0.4 is 10.2 Å². The second-order valence-corrected chi connectivity index (χ2v) is 7.20. The third-order valence-electron chi connectivity index (χ3n) is 4.67. The van der Waals surface area contributed by atoms with E-state index >= 15 is 0 Å². The van der Waals surface area contributed by atoms with E-state index in [1.807, 2.05) is 30.0 Å². The highest BCUT2D eigenvalue weighted by atomic mass is 35.5. The molecule has 1 aromatic carbocycles. The Morgan fingerprint density at radius 1 is 1.31 bits per heavy atom. The van der Waals surface area contributed by atoms with Crippen molar-refractivity contribution in [3.8, 4) is 5.95 Å². The molecule has 1 saturated heterocycles. The number of hydrogen-bond acceptors (Lipinski definition) is 6. The number of halogens is 1. The zero-order valence-electron chi connectivity index (χ0n) is 16.0. The Labute approximate surface area is 173 Å². The van der Waals surface area contributed by atoms with Gasteiger partial charge >= 0.3 is 0 Å². The number of carbonyl (C=O) groups excluding carboxylic acids is 1. The van der Waals surface area contributed by atoms with Gasteiger partial charge in [0.2, 0.25) is 11.9 Å². The lowest BCUT2D eigenvalue weighted by molar-refractivity contribution is -0.124. The van der Waals surface area contributed by atoms with Crippen LogP contribution in [0.2, 0.25) is 5.02 Å². The Kier molecular flexibility index (Phi) is 5.73. The van der Waals surface area contributed by atoms with Gasteiger partial charge in [0.25, 0.3) is 0 Å². The van der Waals surface area contributed by atoms with Gasteiger partial charge in [-0.15, -0.1) is 0 Å². The molecule has 0 saturated carbocycles. The fraction of sp³-hybridized carbons (Fsp3) is 0.300. The van der Waals surface area contributed by atoms with Gasteiger partial charge in [-0.2, -0.15) is 4.98 Å². The van der Waals surface area contributed by atoms with Crippen LogP contribution in [0.3, 0.4) is 0 Å². The number of nitrogens with one attached hydrogen (secondary N) is 1. The van der Waals surface area contributed by atoms with E-state index in [9.17, 15) is 4.79 Å². The highest BCUT2D eigenvalue weighted by Gasteiger charge is 2.31. The molecule has 0 bridgehead atoms. The van der Waals surface area contributed by atoms with E-state index in [2.05, 4.69) is 20.3 Å². The van der Waals surface area contributed by atoms with Crippen molar-refractivity contribution in [1.29, 1.82) is 0 Å². The van der Waals surface area contributed by atoms with Crippen molar-refractivity contribution in [2.45, 2.75) is 19.5 Å². The van der Waals surface area contributed by atoms with Crippen LogP contribution in [0, 0.1) is 6.92 Å². The van der Waals surface area contributed by atoms with E-state index in [4.69, 9.17) is 16.3 Å². The first-order valence-electron chi connectivity index (χ1n) is 9.31. The van der Waals surface area contributed by atoms with E-state index in [0.717, 1.165) is 11.3 Å². The molecule has 9 heteroatoms. The summed E-state index contributed by atoms with van der Waals surface area (Å²) >= 11 is 5.92. The summed E-state index contributed by atoms with van der Waals surface area (Å²) in [5, 5.41) is 3.65. The predicted octanol–water partition coefficient (Wildman–Crippen LogP) is 2.15.